The lowest BCUT2D eigenvalue weighted by Crippen LogP contribution is -2.50. The summed E-state index contributed by atoms with van der Waals surface area (Å²) in [6.45, 7) is 6.59. The molecule has 0 unspecified atom stereocenters. The van der Waals surface area contributed by atoms with E-state index in [1.807, 2.05) is 11.0 Å². The molecule has 1 aromatic rings. The Morgan fingerprint density at radius 2 is 1.71 bits per heavy atom. The topological polar surface area (TPSA) is 60.9 Å². The third-order valence-electron chi connectivity index (χ3n) is 6.99. The smallest absolute Gasteiger partial charge is 0.243 e. The molecule has 0 saturated carbocycles. The zero-order valence-electron chi connectivity index (χ0n) is 16.7. The molecule has 0 radical (unpaired) electrons. The van der Waals surface area contributed by atoms with Gasteiger partial charge in [0.15, 0.2) is 0 Å². The standard InChI is InChI=1S/C21H31N3O3S/c1-2-22-16-11-21(20(25)23-13-6-7-14-23)12-17-24(15-10-19(21)22)28(26,27)18-8-4-3-5-9-18/h3-5,8-9,19H,2,6-7,10-17H2,1H3/t19-,21-/m1/s1. The van der Waals surface area contributed by atoms with E-state index in [1.165, 1.54) is 0 Å². The molecule has 4 rings (SSSR count). The summed E-state index contributed by atoms with van der Waals surface area (Å²) >= 11 is 0. The van der Waals surface area contributed by atoms with Crippen LogP contribution in [0.25, 0.3) is 0 Å². The van der Waals surface area contributed by atoms with Crippen LogP contribution < -0.4 is 0 Å². The van der Waals surface area contributed by atoms with Crippen molar-refractivity contribution in [2.75, 3.05) is 39.3 Å². The fourth-order valence-electron chi connectivity index (χ4n) is 5.42. The van der Waals surface area contributed by atoms with E-state index < -0.39 is 15.4 Å². The van der Waals surface area contributed by atoms with E-state index in [9.17, 15) is 13.2 Å². The minimum Gasteiger partial charge on any atom is -0.342 e. The van der Waals surface area contributed by atoms with E-state index in [1.54, 1.807) is 28.6 Å². The lowest BCUT2D eigenvalue weighted by molar-refractivity contribution is -0.143. The number of rotatable bonds is 4. The van der Waals surface area contributed by atoms with Crippen LogP contribution in [0.2, 0.25) is 0 Å². The van der Waals surface area contributed by atoms with Gasteiger partial charge in [0.05, 0.1) is 10.3 Å². The maximum Gasteiger partial charge on any atom is 0.243 e. The molecule has 154 valence electrons. The summed E-state index contributed by atoms with van der Waals surface area (Å²) in [7, 11) is -3.52. The van der Waals surface area contributed by atoms with E-state index >= 15 is 0 Å². The zero-order chi connectivity index (χ0) is 19.8. The Balaban J connectivity index is 1.62. The van der Waals surface area contributed by atoms with E-state index in [2.05, 4.69) is 11.8 Å². The van der Waals surface area contributed by atoms with Crippen molar-refractivity contribution in [3.05, 3.63) is 30.3 Å². The first kappa shape index (κ1) is 19.9. The first-order valence-electron chi connectivity index (χ1n) is 10.6. The van der Waals surface area contributed by atoms with Crippen molar-refractivity contribution in [2.24, 2.45) is 5.41 Å². The van der Waals surface area contributed by atoms with Crippen molar-refractivity contribution in [3.8, 4) is 0 Å². The predicted octanol–water partition coefficient (Wildman–Crippen LogP) is 2.17. The van der Waals surface area contributed by atoms with Crippen LogP contribution in [-0.2, 0) is 14.8 Å². The molecule has 28 heavy (non-hydrogen) atoms. The van der Waals surface area contributed by atoms with Gasteiger partial charge in [-0.05, 0) is 57.3 Å². The van der Waals surface area contributed by atoms with Gasteiger partial charge < -0.3 is 4.90 Å². The Kier molecular flexibility index (Phi) is 5.51. The van der Waals surface area contributed by atoms with Gasteiger partial charge in [0.1, 0.15) is 0 Å². The molecular formula is C21H31N3O3S. The third kappa shape index (κ3) is 3.27. The van der Waals surface area contributed by atoms with Gasteiger partial charge in [-0.3, -0.25) is 9.69 Å². The molecule has 1 aromatic carbocycles. The quantitative estimate of drug-likeness (QED) is 0.770. The van der Waals surface area contributed by atoms with Gasteiger partial charge >= 0.3 is 0 Å². The SMILES string of the molecule is CCN1CC[C@@]2(C(=O)N3CCCC3)CCN(S(=O)(=O)c3ccccc3)CC[C@@H]12. The molecule has 0 aliphatic carbocycles. The first-order valence-corrected chi connectivity index (χ1v) is 12.0. The van der Waals surface area contributed by atoms with Gasteiger partial charge in [-0.1, -0.05) is 25.1 Å². The highest BCUT2D eigenvalue weighted by molar-refractivity contribution is 7.89. The molecule has 0 N–H and O–H groups in total. The summed E-state index contributed by atoms with van der Waals surface area (Å²) in [5, 5.41) is 0. The van der Waals surface area contributed by atoms with Crippen molar-refractivity contribution < 1.29 is 13.2 Å². The summed E-state index contributed by atoms with van der Waals surface area (Å²) in [4.78, 5) is 18.3. The molecule has 3 heterocycles. The van der Waals surface area contributed by atoms with Crippen molar-refractivity contribution in [1.82, 2.24) is 14.1 Å². The highest BCUT2D eigenvalue weighted by Crippen LogP contribution is 2.46. The first-order chi connectivity index (χ1) is 13.5. The van der Waals surface area contributed by atoms with E-state index in [0.717, 1.165) is 51.9 Å². The minimum atomic E-state index is -3.52. The van der Waals surface area contributed by atoms with Gasteiger partial charge in [-0.25, -0.2) is 8.42 Å². The number of carbonyl (C=O) groups is 1. The van der Waals surface area contributed by atoms with Crippen molar-refractivity contribution in [3.63, 3.8) is 0 Å². The van der Waals surface area contributed by atoms with Gasteiger partial charge in [0.25, 0.3) is 0 Å². The van der Waals surface area contributed by atoms with Crippen LogP contribution in [0.3, 0.4) is 0 Å². The second-order valence-corrected chi connectivity index (χ2v) is 10.2. The van der Waals surface area contributed by atoms with E-state index in [4.69, 9.17) is 0 Å². The Labute approximate surface area is 168 Å². The summed E-state index contributed by atoms with van der Waals surface area (Å²) < 4.78 is 27.9. The lowest BCUT2D eigenvalue weighted by Gasteiger charge is -2.38. The Hall–Kier alpha value is -1.44. The number of sulfonamides is 1. The summed E-state index contributed by atoms with van der Waals surface area (Å²) in [5.74, 6) is 0.268. The fraction of sp³-hybridized carbons (Fsp3) is 0.667. The van der Waals surface area contributed by atoms with Crippen molar-refractivity contribution >= 4 is 15.9 Å². The van der Waals surface area contributed by atoms with Crippen molar-refractivity contribution in [1.29, 1.82) is 0 Å². The highest BCUT2D eigenvalue weighted by Gasteiger charge is 2.55. The van der Waals surface area contributed by atoms with Crippen molar-refractivity contribution in [2.45, 2.75) is 50.0 Å². The van der Waals surface area contributed by atoms with Crippen LogP contribution in [0.4, 0.5) is 0 Å². The number of amides is 1. The van der Waals surface area contributed by atoms with E-state index in [-0.39, 0.29) is 11.9 Å². The molecule has 3 saturated heterocycles. The molecule has 3 aliphatic rings. The maximum absolute atomic E-state index is 13.6. The number of benzene rings is 1. The molecule has 3 fully saturated rings. The summed E-state index contributed by atoms with van der Waals surface area (Å²) in [6.07, 6.45) is 4.35. The monoisotopic (exact) mass is 405 g/mol. The maximum atomic E-state index is 13.6. The average Bonchev–Trinajstić information content (AvgIpc) is 3.33. The van der Waals surface area contributed by atoms with Gasteiger partial charge in [0.2, 0.25) is 15.9 Å². The van der Waals surface area contributed by atoms with Gasteiger partial charge in [-0.2, -0.15) is 4.31 Å². The number of likely N-dealkylation sites (tertiary alicyclic amines) is 2. The summed E-state index contributed by atoms with van der Waals surface area (Å²) in [6, 6.07) is 8.80. The number of carbonyl (C=O) groups excluding carboxylic acids is 1. The molecule has 0 spiro atoms. The second kappa shape index (κ2) is 7.76. The largest absolute Gasteiger partial charge is 0.342 e. The fourth-order valence-corrected chi connectivity index (χ4v) is 6.90. The number of hydrogen-bond donors (Lipinski definition) is 0. The molecule has 2 atom stereocenters. The predicted molar refractivity (Wildman–Crippen MR) is 108 cm³/mol. The van der Waals surface area contributed by atoms with Crippen LogP contribution in [0.15, 0.2) is 35.2 Å². The number of nitrogens with zero attached hydrogens (tertiary/aromatic N) is 3. The van der Waals surface area contributed by atoms with Crippen LogP contribution in [-0.4, -0.2) is 73.7 Å². The lowest BCUT2D eigenvalue weighted by atomic mass is 9.75. The average molecular weight is 406 g/mol. The van der Waals surface area contributed by atoms with Gasteiger partial charge in [-0.15, -0.1) is 0 Å². The molecule has 7 heteroatoms. The third-order valence-corrected chi connectivity index (χ3v) is 8.90. The van der Waals surface area contributed by atoms with Crippen LogP contribution in [0.1, 0.15) is 39.0 Å². The van der Waals surface area contributed by atoms with E-state index in [0.29, 0.717) is 24.4 Å². The summed E-state index contributed by atoms with van der Waals surface area (Å²) in [5.41, 5.74) is -0.429. The zero-order valence-corrected chi connectivity index (χ0v) is 17.5. The van der Waals surface area contributed by atoms with Crippen LogP contribution in [0, 0.1) is 5.41 Å². The minimum absolute atomic E-state index is 0.140. The number of hydrogen-bond acceptors (Lipinski definition) is 4. The molecule has 0 aromatic heterocycles. The molecule has 1 amide bonds. The van der Waals surface area contributed by atoms with Crippen LogP contribution in [0.5, 0.6) is 0 Å². The Morgan fingerprint density at radius 3 is 2.39 bits per heavy atom. The second-order valence-electron chi connectivity index (χ2n) is 8.31. The Bertz CT molecular complexity index is 807. The number of fused-ring (bicyclic) bond motifs is 1. The highest BCUT2D eigenvalue weighted by atomic mass is 32.2. The molecular weight excluding hydrogens is 374 g/mol. The van der Waals surface area contributed by atoms with Gasteiger partial charge in [0, 0.05) is 32.2 Å². The van der Waals surface area contributed by atoms with Crippen LogP contribution >= 0.6 is 0 Å². The normalized spacial score (nSPS) is 29.6. The molecule has 0 bridgehead atoms. The molecule has 6 nitrogen and oxygen atoms in total. The molecule has 3 aliphatic heterocycles. The Morgan fingerprint density at radius 1 is 1.04 bits per heavy atom.